The number of imidazole rings is 1. The number of amides is 1. The van der Waals surface area contributed by atoms with Gasteiger partial charge in [0.25, 0.3) is 0 Å². The van der Waals surface area contributed by atoms with Gasteiger partial charge < -0.3 is 19.9 Å². The fraction of sp³-hybridized carbons (Fsp3) is 0.438. The van der Waals surface area contributed by atoms with E-state index >= 15 is 0 Å². The Morgan fingerprint density at radius 2 is 1.91 bits per heavy atom. The summed E-state index contributed by atoms with van der Waals surface area (Å²) in [6.45, 7) is 1.03. The van der Waals surface area contributed by atoms with Crippen molar-refractivity contribution in [1.82, 2.24) is 19.9 Å². The summed E-state index contributed by atoms with van der Waals surface area (Å²) in [4.78, 5) is 45.8. The molecule has 1 fully saturated rings. The molecule has 1 aliphatic heterocycles. The number of aromatic amines is 3. The summed E-state index contributed by atoms with van der Waals surface area (Å²) >= 11 is 0. The highest BCUT2D eigenvalue weighted by molar-refractivity contribution is 5.89. The number of nitrogens with one attached hydrogen (secondary N) is 3. The molecule has 23 heavy (non-hydrogen) atoms. The second-order valence-electron chi connectivity index (χ2n) is 6.39. The van der Waals surface area contributed by atoms with Crippen LogP contribution in [0.15, 0.2) is 27.9 Å². The molecule has 7 heteroatoms. The maximum absolute atomic E-state index is 13.1. The molecule has 0 radical (unpaired) electrons. The van der Waals surface area contributed by atoms with Crippen LogP contribution in [0.1, 0.15) is 36.2 Å². The number of carbonyl (C=O) groups excluding carboxylic acids is 1. The van der Waals surface area contributed by atoms with Gasteiger partial charge in [-0.2, -0.15) is 0 Å². The molecule has 0 unspecified atom stereocenters. The summed E-state index contributed by atoms with van der Waals surface area (Å²) < 4.78 is 0. The fourth-order valence-electron chi connectivity index (χ4n) is 3.66. The number of hydrogen-bond acceptors (Lipinski definition) is 3. The van der Waals surface area contributed by atoms with E-state index in [9.17, 15) is 14.4 Å². The summed E-state index contributed by atoms with van der Waals surface area (Å²) in [6, 6.07) is 3.23. The minimum Gasteiger partial charge on any atom is -0.336 e. The third-order valence-electron chi connectivity index (χ3n) is 5.11. The van der Waals surface area contributed by atoms with Crippen LogP contribution >= 0.6 is 0 Å². The highest BCUT2D eigenvalue weighted by Gasteiger charge is 2.48. The van der Waals surface area contributed by atoms with E-state index in [1.54, 1.807) is 12.3 Å². The van der Waals surface area contributed by atoms with Gasteiger partial charge in [0.1, 0.15) is 0 Å². The van der Waals surface area contributed by atoms with E-state index in [1.165, 1.54) is 6.07 Å². The topological polar surface area (TPSA) is 102 Å². The Morgan fingerprint density at radius 3 is 2.57 bits per heavy atom. The van der Waals surface area contributed by atoms with Crippen LogP contribution < -0.4 is 11.2 Å². The molecular formula is C16H18N4O3. The molecule has 0 atom stereocenters. The van der Waals surface area contributed by atoms with Gasteiger partial charge >= 0.3 is 5.69 Å². The van der Waals surface area contributed by atoms with Crippen molar-refractivity contribution in [2.24, 2.45) is 0 Å². The average molecular weight is 314 g/mol. The van der Waals surface area contributed by atoms with E-state index in [0.717, 1.165) is 36.2 Å². The molecule has 1 amide bonds. The standard InChI is InChI=1S/C16H18N4O3/c21-13-3-2-10(8-17-13)16(5-1-6-16)14(22)20-7-4-11-12(9-20)19-15(23)18-11/h2-3,8H,1,4-7,9H2,(H,17,21)(H2,18,19,23). The second-order valence-corrected chi connectivity index (χ2v) is 6.39. The zero-order valence-corrected chi connectivity index (χ0v) is 12.6. The number of rotatable bonds is 2. The number of fused-ring (bicyclic) bond motifs is 1. The third-order valence-corrected chi connectivity index (χ3v) is 5.11. The van der Waals surface area contributed by atoms with Crippen LogP contribution in [0.2, 0.25) is 0 Å². The van der Waals surface area contributed by atoms with E-state index in [4.69, 9.17) is 0 Å². The van der Waals surface area contributed by atoms with E-state index in [0.29, 0.717) is 19.5 Å². The predicted octanol–water partition coefficient (Wildman–Crippen LogP) is 0.398. The lowest BCUT2D eigenvalue weighted by molar-refractivity contribution is -0.142. The predicted molar refractivity (Wildman–Crippen MR) is 83.1 cm³/mol. The molecule has 4 rings (SSSR count). The van der Waals surface area contributed by atoms with Crippen LogP contribution in [-0.2, 0) is 23.2 Å². The smallest absolute Gasteiger partial charge is 0.323 e. The van der Waals surface area contributed by atoms with Crippen LogP contribution in [-0.4, -0.2) is 32.3 Å². The van der Waals surface area contributed by atoms with E-state index in [2.05, 4.69) is 15.0 Å². The maximum atomic E-state index is 13.1. The summed E-state index contributed by atoms with van der Waals surface area (Å²) in [5.41, 5.74) is 1.66. The van der Waals surface area contributed by atoms with Crippen LogP contribution in [0, 0.1) is 0 Å². The summed E-state index contributed by atoms with van der Waals surface area (Å²) in [5.74, 6) is 0.0866. The Balaban J connectivity index is 1.64. The van der Waals surface area contributed by atoms with E-state index < -0.39 is 5.41 Å². The third kappa shape index (κ3) is 2.15. The minimum absolute atomic E-state index is 0.0866. The van der Waals surface area contributed by atoms with Gasteiger partial charge in [0.15, 0.2) is 0 Å². The van der Waals surface area contributed by atoms with Crippen molar-refractivity contribution in [1.29, 1.82) is 0 Å². The lowest BCUT2D eigenvalue weighted by Gasteiger charge is -2.44. The number of aromatic nitrogens is 3. The van der Waals surface area contributed by atoms with Crippen LogP contribution in [0.4, 0.5) is 0 Å². The highest BCUT2D eigenvalue weighted by Crippen LogP contribution is 2.45. The highest BCUT2D eigenvalue weighted by atomic mass is 16.2. The van der Waals surface area contributed by atoms with Gasteiger partial charge in [0, 0.05) is 30.9 Å². The summed E-state index contributed by atoms with van der Waals surface area (Å²) in [6.07, 6.45) is 4.91. The van der Waals surface area contributed by atoms with Gasteiger partial charge in [0.05, 0.1) is 17.7 Å². The molecule has 7 nitrogen and oxygen atoms in total. The number of pyridine rings is 1. The van der Waals surface area contributed by atoms with Crippen LogP contribution in [0.5, 0.6) is 0 Å². The number of nitrogens with zero attached hydrogens (tertiary/aromatic N) is 1. The van der Waals surface area contributed by atoms with Crippen molar-refractivity contribution in [2.75, 3.05) is 6.54 Å². The molecule has 2 aromatic heterocycles. The van der Waals surface area contributed by atoms with Gasteiger partial charge in [0.2, 0.25) is 11.5 Å². The zero-order chi connectivity index (χ0) is 16.0. The first-order valence-corrected chi connectivity index (χ1v) is 7.87. The van der Waals surface area contributed by atoms with E-state index in [1.807, 2.05) is 4.90 Å². The molecule has 0 spiro atoms. The molecule has 2 aromatic rings. The first kappa shape index (κ1) is 14.0. The number of H-pyrrole nitrogens is 3. The number of carbonyl (C=O) groups is 1. The molecule has 3 heterocycles. The molecule has 0 saturated heterocycles. The Labute approximate surface area is 131 Å². The van der Waals surface area contributed by atoms with Crippen molar-refractivity contribution in [3.63, 3.8) is 0 Å². The zero-order valence-electron chi connectivity index (χ0n) is 12.6. The lowest BCUT2D eigenvalue weighted by Crippen LogP contribution is -2.52. The second kappa shape index (κ2) is 4.97. The largest absolute Gasteiger partial charge is 0.336 e. The van der Waals surface area contributed by atoms with Crippen LogP contribution in [0.3, 0.4) is 0 Å². The molecule has 1 aliphatic carbocycles. The van der Waals surface area contributed by atoms with Gasteiger partial charge in [-0.1, -0.05) is 12.5 Å². The van der Waals surface area contributed by atoms with Gasteiger partial charge in [-0.25, -0.2) is 4.79 Å². The SMILES string of the molecule is O=C(N1CCc2[nH]c(=O)[nH]c2C1)C1(c2ccc(=O)[nH]c2)CCC1. The monoisotopic (exact) mass is 314 g/mol. The van der Waals surface area contributed by atoms with E-state index in [-0.39, 0.29) is 17.2 Å². The van der Waals surface area contributed by atoms with Crippen molar-refractivity contribution in [3.8, 4) is 0 Å². The Hall–Kier alpha value is -2.57. The molecule has 0 aromatic carbocycles. The Kier molecular flexibility index (Phi) is 3.04. The lowest BCUT2D eigenvalue weighted by atomic mass is 9.63. The van der Waals surface area contributed by atoms with Crippen LogP contribution in [0.25, 0.3) is 0 Å². The average Bonchev–Trinajstić information content (AvgIpc) is 2.87. The molecule has 1 saturated carbocycles. The van der Waals surface area contributed by atoms with Crippen molar-refractivity contribution in [3.05, 3.63) is 56.1 Å². The first-order valence-electron chi connectivity index (χ1n) is 7.87. The van der Waals surface area contributed by atoms with Crippen molar-refractivity contribution < 1.29 is 4.79 Å². The molecule has 0 bridgehead atoms. The summed E-state index contributed by atoms with van der Waals surface area (Å²) in [5, 5.41) is 0. The fourth-order valence-corrected chi connectivity index (χ4v) is 3.66. The van der Waals surface area contributed by atoms with Gasteiger partial charge in [-0.05, 0) is 18.4 Å². The molecule has 2 aliphatic rings. The maximum Gasteiger partial charge on any atom is 0.323 e. The Morgan fingerprint density at radius 1 is 1.13 bits per heavy atom. The van der Waals surface area contributed by atoms with Gasteiger partial charge in [-0.3, -0.25) is 9.59 Å². The minimum atomic E-state index is -0.529. The number of hydrogen-bond donors (Lipinski definition) is 3. The molecular weight excluding hydrogens is 296 g/mol. The quantitative estimate of drug-likeness (QED) is 0.747. The van der Waals surface area contributed by atoms with Crippen molar-refractivity contribution >= 4 is 5.91 Å². The molecule has 3 N–H and O–H groups in total. The first-order chi connectivity index (χ1) is 11.1. The van der Waals surface area contributed by atoms with Gasteiger partial charge in [-0.15, -0.1) is 0 Å². The molecule has 120 valence electrons. The Bertz CT molecular complexity index is 851. The normalized spacial score (nSPS) is 19.0. The summed E-state index contributed by atoms with van der Waals surface area (Å²) in [7, 11) is 0. The van der Waals surface area contributed by atoms with Crippen molar-refractivity contribution in [2.45, 2.75) is 37.6 Å².